The van der Waals surface area contributed by atoms with Gasteiger partial charge in [-0.05, 0) is 37.0 Å². The SMILES string of the molecule is CCc1ccc(N)cc1S(=O)(=O)N(CCOC)C1CC1. The van der Waals surface area contributed by atoms with Crippen molar-refractivity contribution in [2.75, 3.05) is 26.0 Å². The van der Waals surface area contributed by atoms with Crippen LogP contribution in [0.5, 0.6) is 0 Å². The largest absolute Gasteiger partial charge is 0.399 e. The van der Waals surface area contributed by atoms with Gasteiger partial charge in [-0.3, -0.25) is 0 Å². The van der Waals surface area contributed by atoms with Crippen molar-refractivity contribution in [2.45, 2.75) is 37.1 Å². The highest BCUT2D eigenvalue weighted by atomic mass is 32.2. The van der Waals surface area contributed by atoms with E-state index in [1.807, 2.05) is 6.92 Å². The molecule has 0 aliphatic heterocycles. The second-order valence-electron chi connectivity index (χ2n) is 5.06. The van der Waals surface area contributed by atoms with Crippen LogP contribution in [-0.2, 0) is 21.2 Å². The van der Waals surface area contributed by atoms with E-state index in [4.69, 9.17) is 10.5 Å². The lowest BCUT2D eigenvalue weighted by atomic mass is 10.1. The molecule has 1 fully saturated rings. The number of sulfonamides is 1. The monoisotopic (exact) mass is 298 g/mol. The maximum Gasteiger partial charge on any atom is 0.243 e. The number of nitrogens with two attached hydrogens (primary N) is 1. The van der Waals surface area contributed by atoms with Gasteiger partial charge in [0.2, 0.25) is 10.0 Å². The minimum Gasteiger partial charge on any atom is -0.399 e. The highest BCUT2D eigenvalue weighted by Gasteiger charge is 2.38. The molecular formula is C14H22N2O3S. The van der Waals surface area contributed by atoms with E-state index in [0.717, 1.165) is 18.4 Å². The summed E-state index contributed by atoms with van der Waals surface area (Å²) in [6.45, 7) is 2.74. The van der Waals surface area contributed by atoms with E-state index < -0.39 is 10.0 Å². The second kappa shape index (κ2) is 6.11. The minimum absolute atomic E-state index is 0.112. The third-order valence-corrected chi connectivity index (χ3v) is 5.56. The Morgan fingerprint density at radius 3 is 2.65 bits per heavy atom. The molecule has 0 aromatic heterocycles. The number of benzene rings is 1. The van der Waals surface area contributed by atoms with Crippen molar-refractivity contribution in [3.63, 3.8) is 0 Å². The summed E-state index contributed by atoms with van der Waals surface area (Å²) in [7, 11) is -1.92. The molecule has 0 spiro atoms. The molecule has 0 bridgehead atoms. The van der Waals surface area contributed by atoms with Gasteiger partial charge in [0.1, 0.15) is 0 Å². The summed E-state index contributed by atoms with van der Waals surface area (Å²) >= 11 is 0. The normalized spacial score (nSPS) is 15.8. The van der Waals surface area contributed by atoms with Gasteiger partial charge in [-0.1, -0.05) is 13.0 Å². The molecular weight excluding hydrogens is 276 g/mol. The number of ether oxygens (including phenoxy) is 1. The zero-order valence-electron chi connectivity index (χ0n) is 12.0. The molecule has 2 N–H and O–H groups in total. The Bertz CT molecular complexity index is 568. The zero-order valence-corrected chi connectivity index (χ0v) is 12.8. The van der Waals surface area contributed by atoms with Crippen molar-refractivity contribution in [2.24, 2.45) is 0 Å². The highest BCUT2D eigenvalue weighted by Crippen LogP contribution is 2.33. The number of hydrogen-bond donors (Lipinski definition) is 1. The van der Waals surface area contributed by atoms with Gasteiger partial charge in [0.15, 0.2) is 0 Å². The lowest BCUT2D eigenvalue weighted by Gasteiger charge is -2.23. The van der Waals surface area contributed by atoms with Crippen LogP contribution in [0, 0.1) is 0 Å². The van der Waals surface area contributed by atoms with E-state index in [1.54, 1.807) is 29.6 Å². The van der Waals surface area contributed by atoms with Gasteiger partial charge in [0.25, 0.3) is 0 Å². The van der Waals surface area contributed by atoms with Crippen LogP contribution in [0.2, 0.25) is 0 Å². The van der Waals surface area contributed by atoms with Crippen LogP contribution in [0.15, 0.2) is 23.1 Å². The number of aryl methyl sites for hydroxylation is 1. The number of rotatable bonds is 7. The van der Waals surface area contributed by atoms with Crippen LogP contribution in [0.3, 0.4) is 0 Å². The van der Waals surface area contributed by atoms with Crippen LogP contribution >= 0.6 is 0 Å². The first-order valence-electron chi connectivity index (χ1n) is 6.90. The molecule has 0 atom stereocenters. The molecule has 0 amide bonds. The van der Waals surface area contributed by atoms with Crippen molar-refractivity contribution in [1.29, 1.82) is 0 Å². The molecule has 0 saturated heterocycles. The van der Waals surface area contributed by atoms with Gasteiger partial charge in [0, 0.05) is 25.4 Å². The lowest BCUT2D eigenvalue weighted by Crippen LogP contribution is -2.36. The van der Waals surface area contributed by atoms with Gasteiger partial charge in [0.05, 0.1) is 11.5 Å². The predicted molar refractivity (Wildman–Crippen MR) is 79.0 cm³/mol. The Labute approximate surface area is 120 Å². The average Bonchev–Trinajstić information content (AvgIpc) is 3.23. The van der Waals surface area contributed by atoms with Crippen molar-refractivity contribution in [3.05, 3.63) is 23.8 Å². The fraction of sp³-hybridized carbons (Fsp3) is 0.571. The standard InChI is InChI=1S/C14H22N2O3S/c1-3-11-4-5-12(15)10-14(11)20(17,18)16(8-9-19-2)13-6-7-13/h4-5,10,13H,3,6-9,15H2,1-2H3. The van der Waals surface area contributed by atoms with E-state index in [9.17, 15) is 8.42 Å². The van der Waals surface area contributed by atoms with E-state index in [1.165, 1.54) is 0 Å². The summed E-state index contributed by atoms with van der Waals surface area (Å²) in [5.41, 5.74) is 7.05. The van der Waals surface area contributed by atoms with Crippen molar-refractivity contribution in [3.8, 4) is 0 Å². The number of methoxy groups -OCH3 is 1. The van der Waals surface area contributed by atoms with Crippen LogP contribution in [0.25, 0.3) is 0 Å². The first kappa shape index (κ1) is 15.3. The van der Waals surface area contributed by atoms with Gasteiger partial charge >= 0.3 is 0 Å². The summed E-state index contributed by atoms with van der Waals surface area (Å²) in [5.74, 6) is 0. The molecule has 0 heterocycles. The average molecular weight is 298 g/mol. The first-order valence-corrected chi connectivity index (χ1v) is 8.34. The molecule has 1 aliphatic carbocycles. The minimum atomic E-state index is -3.50. The molecule has 1 saturated carbocycles. The maximum absolute atomic E-state index is 12.9. The lowest BCUT2D eigenvalue weighted by molar-refractivity contribution is 0.177. The Hall–Kier alpha value is -1.11. The highest BCUT2D eigenvalue weighted by molar-refractivity contribution is 7.89. The fourth-order valence-corrected chi connectivity index (χ4v) is 4.27. The molecule has 0 unspecified atom stereocenters. The topological polar surface area (TPSA) is 72.6 Å². The summed E-state index contributed by atoms with van der Waals surface area (Å²) < 4.78 is 32.3. The Morgan fingerprint density at radius 2 is 2.10 bits per heavy atom. The fourth-order valence-electron chi connectivity index (χ4n) is 2.27. The smallest absolute Gasteiger partial charge is 0.243 e. The van der Waals surface area contributed by atoms with Gasteiger partial charge in [-0.25, -0.2) is 8.42 Å². The number of nitrogens with zero attached hydrogens (tertiary/aromatic N) is 1. The molecule has 1 aromatic carbocycles. The van der Waals surface area contributed by atoms with Crippen molar-refractivity contribution < 1.29 is 13.2 Å². The molecule has 5 nitrogen and oxygen atoms in total. The van der Waals surface area contributed by atoms with E-state index >= 15 is 0 Å². The van der Waals surface area contributed by atoms with Gasteiger partial charge < -0.3 is 10.5 Å². The molecule has 1 aliphatic rings. The number of nitrogen functional groups attached to an aromatic ring is 1. The Balaban J connectivity index is 2.39. The molecule has 6 heteroatoms. The third kappa shape index (κ3) is 3.13. The molecule has 112 valence electrons. The van der Waals surface area contributed by atoms with Crippen LogP contribution in [-0.4, -0.2) is 39.0 Å². The summed E-state index contributed by atoms with van der Waals surface area (Å²) in [6.07, 6.45) is 2.51. The summed E-state index contributed by atoms with van der Waals surface area (Å²) in [6, 6.07) is 5.22. The first-order chi connectivity index (χ1) is 9.50. The number of hydrogen-bond acceptors (Lipinski definition) is 4. The maximum atomic E-state index is 12.9. The van der Waals surface area contributed by atoms with Gasteiger partial charge in [-0.2, -0.15) is 4.31 Å². The molecule has 20 heavy (non-hydrogen) atoms. The molecule has 1 aromatic rings. The van der Waals surface area contributed by atoms with E-state index in [-0.39, 0.29) is 6.04 Å². The van der Waals surface area contributed by atoms with Crippen LogP contribution < -0.4 is 5.73 Å². The van der Waals surface area contributed by atoms with Crippen LogP contribution in [0.1, 0.15) is 25.3 Å². The molecule has 0 radical (unpaired) electrons. The van der Waals surface area contributed by atoms with E-state index in [2.05, 4.69) is 0 Å². The predicted octanol–water partition coefficient (Wildman–Crippen LogP) is 1.63. The van der Waals surface area contributed by atoms with Gasteiger partial charge in [-0.15, -0.1) is 0 Å². The zero-order chi connectivity index (χ0) is 14.8. The van der Waals surface area contributed by atoms with Crippen LogP contribution in [0.4, 0.5) is 5.69 Å². The molecule has 2 rings (SSSR count). The Morgan fingerprint density at radius 1 is 1.40 bits per heavy atom. The van der Waals surface area contributed by atoms with E-state index in [0.29, 0.717) is 30.2 Å². The Kier molecular flexibility index (Phi) is 4.67. The quantitative estimate of drug-likeness (QED) is 0.777. The summed E-state index contributed by atoms with van der Waals surface area (Å²) in [4.78, 5) is 0.336. The third-order valence-electron chi connectivity index (χ3n) is 3.53. The second-order valence-corrected chi connectivity index (χ2v) is 6.92. The summed E-state index contributed by atoms with van der Waals surface area (Å²) in [5, 5.41) is 0. The number of anilines is 1. The van der Waals surface area contributed by atoms with Crippen molar-refractivity contribution >= 4 is 15.7 Å². The van der Waals surface area contributed by atoms with Crippen molar-refractivity contribution in [1.82, 2.24) is 4.31 Å².